The van der Waals surface area contributed by atoms with Gasteiger partial charge < -0.3 is 19.1 Å². The molecule has 5 rings (SSSR count). The summed E-state index contributed by atoms with van der Waals surface area (Å²) in [6.07, 6.45) is 0.702. The average molecular weight is 515 g/mol. The summed E-state index contributed by atoms with van der Waals surface area (Å²) >= 11 is 0. The molecule has 8 heteroatoms. The quantitative estimate of drug-likeness (QED) is 0.325. The van der Waals surface area contributed by atoms with Gasteiger partial charge in [0.25, 0.3) is 5.91 Å². The minimum absolute atomic E-state index is 0.133. The number of hydrogen-bond acceptors (Lipinski definition) is 6. The Morgan fingerprint density at radius 2 is 1.53 bits per heavy atom. The van der Waals surface area contributed by atoms with Crippen molar-refractivity contribution < 1.29 is 28.6 Å². The Hall–Kier alpha value is -4.33. The summed E-state index contributed by atoms with van der Waals surface area (Å²) in [5.41, 5.74) is 1.54. The molecule has 0 aliphatic carbocycles. The van der Waals surface area contributed by atoms with Crippen molar-refractivity contribution in [2.24, 2.45) is 0 Å². The number of likely N-dealkylation sites (tertiary alicyclic amines) is 2. The summed E-state index contributed by atoms with van der Waals surface area (Å²) in [5.74, 6) is -0.162. The number of ether oxygens (including phenoxy) is 3. The van der Waals surface area contributed by atoms with E-state index in [-0.39, 0.29) is 19.1 Å². The van der Waals surface area contributed by atoms with E-state index in [9.17, 15) is 14.4 Å². The first-order valence-electron chi connectivity index (χ1n) is 12.7. The number of methoxy groups -OCH3 is 1. The van der Waals surface area contributed by atoms with E-state index in [4.69, 9.17) is 14.2 Å². The molecule has 2 atom stereocenters. The predicted octanol–water partition coefficient (Wildman–Crippen LogP) is 4.49. The second kappa shape index (κ2) is 11.0. The Morgan fingerprint density at radius 3 is 2.13 bits per heavy atom. The van der Waals surface area contributed by atoms with Gasteiger partial charge in [0.2, 0.25) is 0 Å². The fraction of sp³-hybridized carbons (Fsp3) is 0.300. The molecule has 0 aromatic heterocycles. The first-order valence-corrected chi connectivity index (χ1v) is 12.7. The number of rotatable bonds is 8. The van der Waals surface area contributed by atoms with E-state index in [1.165, 1.54) is 16.9 Å². The monoisotopic (exact) mass is 514 g/mol. The van der Waals surface area contributed by atoms with E-state index in [0.29, 0.717) is 37.3 Å². The first-order chi connectivity index (χ1) is 18.5. The normalized spacial score (nSPS) is 19.1. The molecule has 1 spiro atoms. The lowest BCUT2D eigenvalue weighted by Crippen LogP contribution is -2.73. The van der Waals surface area contributed by atoms with Gasteiger partial charge in [-0.05, 0) is 41.7 Å². The highest BCUT2D eigenvalue weighted by Gasteiger charge is 2.62. The SMILES string of the molecule is COC(=O)[C@@H](c1ccc(OCc2ccccc2)cc1)N1CC2(CCCN2C(=O)OCc2ccccc2)C1=O. The van der Waals surface area contributed by atoms with Crippen LogP contribution in [0.4, 0.5) is 4.79 Å². The number of esters is 1. The zero-order valence-electron chi connectivity index (χ0n) is 21.2. The minimum Gasteiger partial charge on any atom is -0.489 e. The Kier molecular flexibility index (Phi) is 7.31. The number of nitrogens with zero attached hydrogens (tertiary/aromatic N) is 2. The molecule has 38 heavy (non-hydrogen) atoms. The molecule has 3 aromatic rings. The Balaban J connectivity index is 1.26. The summed E-state index contributed by atoms with van der Waals surface area (Å²) in [5, 5.41) is 0. The average Bonchev–Trinajstić information content (AvgIpc) is 3.43. The predicted molar refractivity (Wildman–Crippen MR) is 139 cm³/mol. The maximum absolute atomic E-state index is 13.6. The van der Waals surface area contributed by atoms with Crippen LogP contribution in [0.1, 0.15) is 35.6 Å². The van der Waals surface area contributed by atoms with Crippen molar-refractivity contribution in [3.05, 3.63) is 102 Å². The topological polar surface area (TPSA) is 85.4 Å². The van der Waals surface area contributed by atoms with Crippen molar-refractivity contribution in [2.75, 3.05) is 20.2 Å². The Labute approximate surface area is 221 Å². The summed E-state index contributed by atoms with van der Waals surface area (Å²) < 4.78 is 16.4. The van der Waals surface area contributed by atoms with Gasteiger partial charge in [0.15, 0.2) is 6.04 Å². The molecule has 2 fully saturated rings. The van der Waals surface area contributed by atoms with E-state index < -0.39 is 23.6 Å². The molecular formula is C30H30N2O6. The van der Waals surface area contributed by atoms with Crippen LogP contribution in [0.25, 0.3) is 0 Å². The number of carbonyl (C=O) groups excluding carboxylic acids is 3. The highest BCUT2D eigenvalue weighted by Crippen LogP contribution is 2.43. The molecule has 2 saturated heterocycles. The second-order valence-electron chi connectivity index (χ2n) is 9.53. The zero-order chi connectivity index (χ0) is 26.5. The standard InChI is InChI=1S/C30H30N2O6/c1-36-27(33)26(24-13-15-25(16-14-24)37-19-22-9-4-2-5-10-22)31-21-30(28(31)34)17-8-18-32(30)29(35)38-20-23-11-6-3-7-12-23/h2-7,9-16,26H,8,17-21H2,1H3/t26-,30?/m1/s1. The van der Waals surface area contributed by atoms with Crippen LogP contribution in [0.3, 0.4) is 0 Å². The lowest BCUT2D eigenvalue weighted by Gasteiger charge is -2.52. The number of hydrogen-bond donors (Lipinski definition) is 0. The maximum Gasteiger partial charge on any atom is 0.411 e. The van der Waals surface area contributed by atoms with Gasteiger partial charge in [0, 0.05) is 6.54 Å². The molecular weight excluding hydrogens is 484 g/mol. The van der Waals surface area contributed by atoms with Gasteiger partial charge in [0.1, 0.15) is 24.5 Å². The Bertz CT molecular complexity index is 1280. The summed E-state index contributed by atoms with van der Waals surface area (Å²) in [6.45, 7) is 1.22. The smallest absolute Gasteiger partial charge is 0.411 e. The summed E-state index contributed by atoms with van der Waals surface area (Å²) in [4.78, 5) is 42.3. The number of carbonyl (C=O) groups is 3. The van der Waals surface area contributed by atoms with Gasteiger partial charge in [0.05, 0.1) is 13.7 Å². The van der Waals surface area contributed by atoms with Crippen LogP contribution in [-0.2, 0) is 32.3 Å². The molecule has 3 aromatic carbocycles. The number of β-lactam (4-membered cyclic amide) rings is 1. The molecule has 0 saturated carbocycles. The van der Waals surface area contributed by atoms with Crippen LogP contribution >= 0.6 is 0 Å². The van der Waals surface area contributed by atoms with E-state index in [1.54, 1.807) is 24.3 Å². The van der Waals surface area contributed by atoms with Crippen molar-refractivity contribution in [1.29, 1.82) is 0 Å². The summed E-state index contributed by atoms with van der Waals surface area (Å²) in [6, 6.07) is 25.4. The van der Waals surface area contributed by atoms with Crippen LogP contribution in [0.2, 0.25) is 0 Å². The lowest BCUT2D eigenvalue weighted by molar-refractivity contribution is -0.173. The zero-order valence-corrected chi connectivity index (χ0v) is 21.2. The third-order valence-electron chi connectivity index (χ3n) is 7.19. The molecule has 2 aliphatic rings. The van der Waals surface area contributed by atoms with Crippen molar-refractivity contribution in [3.63, 3.8) is 0 Å². The van der Waals surface area contributed by atoms with Crippen LogP contribution in [0, 0.1) is 0 Å². The highest BCUT2D eigenvalue weighted by atomic mass is 16.6. The minimum atomic E-state index is -0.987. The summed E-state index contributed by atoms with van der Waals surface area (Å²) in [7, 11) is 1.30. The van der Waals surface area contributed by atoms with Gasteiger partial charge in [-0.2, -0.15) is 0 Å². The number of amides is 2. The van der Waals surface area contributed by atoms with E-state index in [0.717, 1.165) is 11.1 Å². The largest absolute Gasteiger partial charge is 0.489 e. The van der Waals surface area contributed by atoms with E-state index >= 15 is 0 Å². The second-order valence-corrected chi connectivity index (χ2v) is 9.53. The van der Waals surface area contributed by atoms with Crippen molar-refractivity contribution >= 4 is 18.0 Å². The third-order valence-corrected chi connectivity index (χ3v) is 7.19. The molecule has 0 radical (unpaired) electrons. The van der Waals surface area contributed by atoms with Gasteiger partial charge in [-0.25, -0.2) is 9.59 Å². The van der Waals surface area contributed by atoms with Crippen molar-refractivity contribution in [1.82, 2.24) is 9.80 Å². The van der Waals surface area contributed by atoms with Gasteiger partial charge in [-0.15, -0.1) is 0 Å². The molecule has 2 aliphatic heterocycles. The fourth-order valence-corrected chi connectivity index (χ4v) is 5.18. The first kappa shape index (κ1) is 25.3. The molecule has 196 valence electrons. The molecule has 1 unspecified atom stereocenters. The maximum atomic E-state index is 13.6. The molecule has 8 nitrogen and oxygen atoms in total. The molecule has 0 N–H and O–H groups in total. The fourth-order valence-electron chi connectivity index (χ4n) is 5.18. The molecule has 2 heterocycles. The lowest BCUT2D eigenvalue weighted by atomic mass is 9.83. The van der Waals surface area contributed by atoms with Crippen molar-refractivity contribution in [2.45, 2.75) is 37.6 Å². The van der Waals surface area contributed by atoms with E-state index in [2.05, 4.69) is 0 Å². The van der Waals surface area contributed by atoms with Gasteiger partial charge >= 0.3 is 12.1 Å². The Morgan fingerprint density at radius 1 is 0.895 bits per heavy atom. The van der Waals surface area contributed by atoms with Gasteiger partial charge in [-0.1, -0.05) is 72.8 Å². The molecule has 0 bridgehead atoms. The van der Waals surface area contributed by atoms with Crippen LogP contribution in [0.5, 0.6) is 5.75 Å². The van der Waals surface area contributed by atoms with Crippen molar-refractivity contribution in [3.8, 4) is 5.75 Å². The van der Waals surface area contributed by atoms with E-state index in [1.807, 2.05) is 60.7 Å². The molecule has 2 amide bonds. The highest BCUT2D eigenvalue weighted by molar-refractivity contribution is 5.99. The van der Waals surface area contributed by atoms with Crippen LogP contribution < -0.4 is 4.74 Å². The van der Waals surface area contributed by atoms with Crippen LogP contribution in [0.15, 0.2) is 84.9 Å². The number of benzene rings is 3. The van der Waals surface area contributed by atoms with Gasteiger partial charge in [-0.3, -0.25) is 9.69 Å². The third kappa shape index (κ3) is 4.94. The van der Waals surface area contributed by atoms with Crippen LogP contribution in [-0.4, -0.2) is 53.5 Å².